The lowest BCUT2D eigenvalue weighted by molar-refractivity contribution is 0.413. The Hall–Kier alpha value is -2.28. The quantitative estimate of drug-likeness (QED) is 0.559. The van der Waals surface area contributed by atoms with Crippen molar-refractivity contribution in [1.82, 2.24) is 9.97 Å². The molecule has 7 heteroatoms. The van der Waals surface area contributed by atoms with Gasteiger partial charge in [0.15, 0.2) is 11.6 Å². The first-order valence-electron chi connectivity index (χ1n) is 5.84. The fourth-order valence-electron chi connectivity index (χ4n) is 1.74. The van der Waals surface area contributed by atoms with Crippen LogP contribution in [0.5, 0.6) is 5.75 Å². The van der Waals surface area contributed by atoms with Crippen LogP contribution in [0.3, 0.4) is 0 Å². The fraction of sp³-hybridized carbons (Fsp3) is 0.333. The van der Waals surface area contributed by atoms with Crippen LogP contribution in [0, 0.1) is 6.92 Å². The SMILES string of the molecule is COc1c(NN)ncnc1NC(C)c1ccc(C)o1. The Morgan fingerprint density at radius 3 is 2.63 bits per heavy atom. The highest BCUT2D eigenvalue weighted by Gasteiger charge is 2.16. The number of hydrogen-bond donors (Lipinski definition) is 3. The van der Waals surface area contributed by atoms with Gasteiger partial charge in [-0.25, -0.2) is 15.8 Å². The third kappa shape index (κ3) is 2.76. The van der Waals surface area contributed by atoms with Crippen LogP contribution in [0.2, 0.25) is 0 Å². The van der Waals surface area contributed by atoms with Crippen molar-refractivity contribution in [3.8, 4) is 5.75 Å². The monoisotopic (exact) mass is 263 g/mol. The van der Waals surface area contributed by atoms with Gasteiger partial charge in [-0.15, -0.1) is 0 Å². The highest BCUT2D eigenvalue weighted by molar-refractivity contribution is 5.63. The van der Waals surface area contributed by atoms with Crippen molar-refractivity contribution < 1.29 is 9.15 Å². The van der Waals surface area contributed by atoms with Crippen LogP contribution in [0.25, 0.3) is 0 Å². The number of methoxy groups -OCH3 is 1. The molecule has 2 aromatic rings. The summed E-state index contributed by atoms with van der Waals surface area (Å²) in [7, 11) is 1.53. The molecule has 0 aliphatic carbocycles. The smallest absolute Gasteiger partial charge is 0.205 e. The summed E-state index contributed by atoms with van der Waals surface area (Å²) in [5, 5.41) is 3.20. The number of nitrogens with one attached hydrogen (secondary N) is 2. The zero-order valence-electron chi connectivity index (χ0n) is 11.1. The molecule has 2 heterocycles. The number of aromatic nitrogens is 2. The van der Waals surface area contributed by atoms with Crippen LogP contribution in [0.1, 0.15) is 24.5 Å². The standard InChI is InChI=1S/C12H17N5O2/c1-7-4-5-9(19-7)8(2)16-11-10(18-3)12(17-13)15-6-14-11/h4-6,8H,13H2,1-3H3,(H2,14,15,16,17). The van der Waals surface area contributed by atoms with Gasteiger partial charge < -0.3 is 19.9 Å². The Kier molecular flexibility index (Phi) is 3.86. The van der Waals surface area contributed by atoms with Gasteiger partial charge in [-0.05, 0) is 26.0 Å². The molecule has 2 rings (SSSR count). The van der Waals surface area contributed by atoms with Crippen LogP contribution >= 0.6 is 0 Å². The molecule has 102 valence electrons. The molecule has 0 fully saturated rings. The Bertz CT molecular complexity index is 555. The molecule has 0 aromatic carbocycles. The molecular weight excluding hydrogens is 246 g/mol. The van der Waals surface area contributed by atoms with Gasteiger partial charge in [0.05, 0.1) is 13.2 Å². The molecule has 0 aliphatic heterocycles. The van der Waals surface area contributed by atoms with E-state index in [1.165, 1.54) is 13.4 Å². The van der Waals surface area contributed by atoms with Crippen molar-refractivity contribution in [2.45, 2.75) is 19.9 Å². The van der Waals surface area contributed by atoms with E-state index in [4.69, 9.17) is 15.0 Å². The van der Waals surface area contributed by atoms with Gasteiger partial charge in [0, 0.05) is 0 Å². The van der Waals surface area contributed by atoms with Gasteiger partial charge in [0.25, 0.3) is 0 Å². The Morgan fingerprint density at radius 1 is 1.32 bits per heavy atom. The molecule has 0 aliphatic rings. The van der Waals surface area contributed by atoms with Gasteiger partial charge in [0.2, 0.25) is 5.75 Å². The molecule has 1 unspecified atom stereocenters. The van der Waals surface area contributed by atoms with Crippen molar-refractivity contribution in [1.29, 1.82) is 0 Å². The van der Waals surface area contributed by atoms with E-state index in [2.05, 4.69) is 20.7 Å². The summed E-state index contributed by atoms with van der Waals surface area (Å²) in [6.07, 6.45) is 1.40. The van der Waals surface area contributed by atoms with Crippen LogP contribution < -0.4 is 21.3 Å². The number of nitrogen functional groups attached to an aromatic ring is 1. The molecule has 0 radical (unpaired) electrons. The Morgan fingerprint density at radius 2 is 2.05 bits per heavy atom. The molecule has 0 saturated heterocycles. The molecule has 0 amide bonds. The number of furan rings is 1. The maximum atomic E-state index is 5.56. The number of nitrogens with two attached hydrogens (primary N) is 1. The van der Waals surface area contributed by atoms with E-state index in [0.29, 0.717) is 17.4 Å². The number of anilines is 2. The third-order valence-corrected chi connectivity index (χ3v) is 2.69. The summed E-state index contributed by atoms with van der Waals surface area (Å²) < 4.78 is 10.8. The normalized spacial score (nSPS) is 12.0. The lowest BCUT2D eigenvalue weighted by Gasteiger charge is -2.16. The van der Waals surface area contributed by atoms with E-state index in [-0.39, 0.29) is 6.04 Å². The van der Waals surface area contributed by atoms with Crippen molar-refractivity contribution in [2.75, 3.05) is 17.9 Å². The first-order valence-corrected chi connectivity index (χ1v) is 5.84. The molecular formula is C12H17N5O2. The number of hydrogen-bond acceptors (Lipinski definition) is 7. The minimum atomic E-state index is -0.0527. The fourth-order valence-corrected chi connectivity index (χ4v) is 1.74. The number of nitrogens with zero attached hydrogens (tertiary/aromatic N) is 2. The Labute approximate surface area is 111 Å². The van der Waals surface area contributed by atoms with Gasteiger partial charge in [0.1, 0.15) is 17.8 Å². The topological polar surface area (TPSA) is 98.2 Å². The first-order chi connectivity index (χ1) is 9.15. The zero-order valence-corrected chi connectivity index (χ0v) is 11.1. The van der Waals surface area contributed by atoms with E-state index in [0.717, 1.165) is 11.5 Å². The van der Waals surface area contributed by atoms with Crippen LogP contribution in [0.4, 0.5) is 11.6 Å². The maximum absolute atomic E-state index is 5.56. The summed E-state index contributed by atoms with van der Waals surface area (Å²) in [5.41, 5.74) is 2.46. The molecule has 19 heavy (non-hydrogen) atoms. The van der Waals surface area contributed by atoms with Crippen molar-refractivity contribution >= 4 is 11.6 Å². The molecule has 0 bridgehead atoms. The second kappa shape index (κ2) is 5.57. The second-order valence-electron chi connectivity index (χ2n) is 4.06. The number of rotatable bonds is 5. The summed E-state index contributed by atoms with van der Waals surface area (Å²) in [5.74, 6) is 8.48. The lowest BCUT2D eigenvalue weighted by atomic mass is 10.2. The summed E-state index contributed by atoms with van der Waals surface area (Å²) in [4.78, 5) is 8.12. The lowest BCUT2D eigenvalue weighted by Crippen LogP contribution is -2.13. The summed E-state index contributed by atoms with van der Waals surface area (Å²) >= 11 is 0. The van der Waals surface area contributed by atoms with Crippen molar-refractivity contribution in [3.63, 3.8) is 0 Å². The predicted molar refractivity (Wildman–Crippen MR) is 71.9 cm³/mol. The Balaban J connectivity index is 2.23. The van der Waals surface area contributed by atoms with E-state index >= 15 is 0 Å². The van der Waals surface area contributed by atoms with E-state index in [1.807, 2.05) is 26.0 Å². The van der Waals surface area contributed by atoms with Gasteiger partial charge >= 0.3 is 0 Å². The number of aryl methyl sites for hydroxylation is 1. The highest BCUT2D eigenvalue weighted by Crippen LogP contribution is 2.31. The van der Waals surface area contributed by atoms with Gasteiger partial charge in [-0.3, -0.25) is 0 Å². The average molecular weight is 263 g/mol. The zero-order chi connectivity index (χ0) is 13.8. The summed E-state index contributed by atoms with van der Waals surface area (Å²) in [6, 6.07) is 3.78. The van der Waals surface area contributed by atoms with E-state index in [1.54, 1.807) is 0 Å². The third-order valence-electron chi connectivity index (χ3n) is 2.69. The first kappa shape index (κ1) is 13.2. The van der Waals surface area contributed by atoms with Crippen molar-refractivity contribution in [2.24, 2.45) is 5.84 Å². The van der Waals surface area contributed by atoms with Crippen LogP contribution in [-0.4, -0.2) is 17.1 Å². The van der Waals surface area contributed by atoms with Crippen LogP contribution in [-0.2, 0) is 0 Å². The average Bonchev–Trinajstić information content (AvgIpc) is 2.85. The van der Waals surface area contributed by atoms with E-state index in [9.17, 15) is 0 Å². The molecule has 0 spiro atoms. The molecule has 1 atom stereocenters. The van der Waals surface area contributed by atoms with Crippen LogP contribution in [0.15, 0.2) is 22.9 Å². The second-order valence-corrected chi connectivity index (χ2v) is 4.06. The molecule has 2 aromatic heterocycles. The van der Waals surface area contributed by atoms with Crippen molar-refractivity contribution in [3.05, 3.63) is 30.0 Å². The predicted octanol–water partition coefficient (Wildman–Crippen LogP) is 1.85. The number of hydrazine groups is 1. The molecule has 7 nitrogen and oxygen atoms in total. The molecule has 0 saturated carbocycles. The maximum Gasteiger partial charge on any atom is 0.205 e. The summed E-state index contributed by atoms with van der Waals surface area (Å²) in [6.45, 7) is 3.87. The number of ether oxygens (including phenoxy) is 1. The highest BCUT2D eigenvalue weighted by atomic mass is 16.5. The van der Waals surface area contributed by atoms with E-state index < -0.39 is 0 Å². The van der Waals surface area contributed by atoms with Gasteiger partial charge in [-0.2, -0.15) is 0 Å². The van der Waals surface area contributed by atoms with Gasteiger partial charge in [-0.1, -0.05) is 0 Å². The minimum absolute atomic E-state index is 0.0527. The molecule has 4 N–H and O–H groups in total. The largest absolute Gasteiger partial charge is 0.490 e. The minimum Gasteiger partial charge on any atom is -0.490 e.